The largest absolute Gasteiger partial charge is 0.484 e. The number of carbonyl (C=O) groups is 1. The normalized spacial score (nSPS) is 11.3. The summed E-state index contributed by atoms with van der Waals surface area (Å²) in [6, 6.07) is 15.0. The molecule has 1 amide bonds. The molecule has 0 radical (unpaired) electrons. The maximum atomic E-state index is 12.3. The number of para-hydroxylation sites is 1. The van der Waals surface area contributed by atoms with Crippen LogP contribution in [0.3, 0.4) is 0 Å². The summed E-state index contributed by atoms with van der Waals surface area (Å²) in [4.78, 5) is 16.5. The van der Waals surface area contributed by atoms with Gasteiger partial charge in [-0.05, 0) is 41.3 Å². The molecule has 0 atom stereocenters. The lowest BCUT2D eigenvalue weighted by Crippen LogP contribution is -2.23. The van der Waals surface area contributed by atoms with E-state index in [4.69, 9.17) is 9.26 Å². The molecule has 0 spiro atoms. The first kappa shape index (κ1) is 18.6. The Morgan fingerprint density at radius 1 is 1.11 bits per heavy atom. The SMILES string of the molecule is Cc1nc(-c2ccc(OCC(=O)Nc3ccccc3C(C)(C)C)cc2)no1. The van der Waals surface area contributed by atoms with E-state index in [9.17, 15) is 4.79 Å². The van der Waals surface area contributed by atoms with Crippen LogP contribution in [0.1, 0.15) is 32.2 Å². The highest BCUT2D eigenvalue weighted by Crippen LogP contribution is 2.29. The quantitative estimate of drug-likeness (QED) is 0.727. The van der Waals surface area contributed by atoms with Crippen LogP contribution in [0.5, 0.6) is 5.75 Å². The predicted octanol–water partition coefficient (Wildman–Crippen LogP) is 4.36. The number of anilines is 1. The van der Waals surface area contributed by atoms with E-state index in [0.29, 0.717) is 17.5 Å². The van der Waals surface area contributed by atoms with Crippen molar-refractivity contribution in [2.24, 2.45) is 0 Å². The molecule has 0 aliphatic carbocycles. The van der Waals surface area contributed by atoms with E-state index in [-0.39, 0.29) is 17.9 Å². The van der Waals surface area contributed by atoms with Gasteiger partial charge in [0.25, 0.3) is 5.91 Å². The first-order valence-corrected chi connectivity index (χ1v) is 8.76. The Bertz CT molecular complexity index is 924. The van der Waals surface area contributed by atoms with Gasteiger partial charge in [-0.2, -0.15) is 4.98 Å². The Hall–Kier alpha value is -3.15. The summed E-state index contributed by atoms with van der Waals surface area (Å²) in [7, 11) is 0. The molecule has 140 valence electrons. The van der Waals surface area contributed by atoms with Gasteiger partial charge in [-0.15, -0.1) is 0 Å². The summed E-state index contributed by atoms with van der Waals surface area (Å²) < 4.78 is 10.6. The molecule has 3 rings (SSSR count). The molecule has 27 heavy (non-hydrogen) atoms. The van der Waals surface area contributed by atoms with Crippen molar-refractivity contribution in [2.75, 3.05) is 11.9 Å². The number of nitrogens with one attached hydrogen (secondary N) is 1. The summed E-state index contributed by atoms with van der Waals surface area (Å²) in [5, 5.41) is 6.80. The fourth-order valence-corrected chi connectivity index (χ4v) is 2.70. The van der Waals surface area contributed by atoms with Crippen LogP contribution in [0.2, 0.25) is 0 Å². The first-order valence-electron chi connectivity index (χ1n) is 8.76. The number of carbonyl (C=O) groups excluding carboxylic acids is 1. The molecule has 0 saturated carbocycles. The average Bonchev–Trinajstić information content (AvgIpc) is 3.06. The minimum Gasteiger partial charge on any atom is -0.484 e. The zero-order valence-corrected chi connectivity index (χ0v) is 15.9. The number of hydrogen-bond acceptors (Lipinski definition) is 5. The van der Waals surface area contributed by atoms with Gasteiger partial charge in [0, 0.05) is 18.2 Å². The lowest BCUT2D eigenvalue weighted by Gasteiger charge is -2.23. The van der Waals surface area contributed by atoms with Gasteiger partial charge >= 0.3 is 0 Å². The van der Waals surface area contributed by atoms with E-state index in [2.05, 4.69) is 36.2 Å². The molecule has 0 bridgehead atoms. The second-order valence-electron chi connectivity index (χ2n) is 7.29. The first-order chi connectivity index (χ1) is 12.8. The molecular formula is C21H23N3O3. The molecule has 1 N–H and O–H groups in total. The Morgan fingerprint density at radius 3 is 2.44 bits per heavy atom. The molecule has 0 saturated heterocycles. The number of rotatable bonds is 5. The molecule has 0 aliphatic rings. The van der Waals surface area contributed by atoms with Gasteiger partial charge in [0.15, 0.2) is 6.61 Å². The second kappa shape index (κ2) is 7.61. The third-order valence-electron chi connectivity index (χ3n) is 4.02. The van der Waals surface area contributed by atoms with E-state index in [0.717, 1.165) is 16.8 Å². The van der Waals surface area contributed by atoms with E-state index < -0.39 is 0 Å². The third-order valence-corrected chi connectivity index (χ3v) is 4.02. The number of hydrogen-bond donors (Lipinski definition) is 1. The fraction of sp³-hybridized carbons (Fsp3) is 0.286. The molecule has 0 aliphatic heterocycles. The van der Waals surface area contributed by atoms with Crippen molar-refractivity contribution in [3.8, 4) is 17.1 Å². The van der Waals surface area contributed by atoms with Crippen LogP contribution >= 0.6 is 0 Å². The smallest absolute Gasteiger partial charge is 0.262 e. The van der Waals surface area contributed by atoms with E-state index in [1.165, 1.54) is 0 Å². The van der Waals surface area contributed by atoms with E-state index in [1.807, 2.05) is 36.4 Å². The van der Waals surface area contributed by atoms with Crippen LogP contribution in [0.15, 0.2) is 53.1 Å². The highest BCUT2D eigenvalue weighted by molar-refractivity contribution is 5.92. The molecule has 1 aromatic heterocycles. The number of aromatic nitrogens is 2. The number of benzene rings is 2. The summed E-state index contributed by atoms with van der Waals surface area (Å²) in [5.41, 5.74) is 2.65. The molecule has 6 heteroatoms. The minimum atomic E-state index is -0.204. The van der Waals surface area contributed by atoms with Gasteiger partial charge in [0.1, 0.15) is 5.75 Å². The number of ether oxygens (including phenoxy) is 1. The number of amides is 1. The van der Waals surface area contributed by atoms with Crippen molar-refractivity contribution >= 4 is 11.6 Å². The molecule has 3 aromatic rings. The Morgan fingerprint density at radius 2 is 1.81 bits per heavy atom. The zero-order chi connectivity index (χ0) is 19.4. The fourth-order valence-electron chi connectivity index (χ4n) is 2.70. The topological polar surface area (TPSA) is 77.2 Å². The maximum absolute atomic E-state index is 12.3. The summed E-state index contributed by atoms with van der Waals surface area (Å²) in [6.45, 7) is 8.01. The van der Waals surface area contributed by atoms with Crippen molar-refractivity contribution in [3.63, 3.8) is 0 Å². The average molecular weight is 365 g/mol. The van der Waals surface area contributed by atoms with Gasteiger partial charge < -0.3 is 14.6 Å². The monoisotopic (exact) mass is 365 g/mol. The predicted molar refractivity (Wildman–Crippen MR) is 104 cm³/mol. The van der Waals surface area contributed by atoms with Gasteiger partial charge in [0.05, 0.1) is 0 Å². The highest BCUT2D eigenvalue weighted by Gasteiger charge is 2.18. The van der Waals surface area contributed by atoms with Crippen molar-refractivity contribution in [2.45, 2.75) is 33.1 Å². The van der Waals surface area contributed by atoms with Crippen molar-refractivity contribution in [1.82, 2.24) is 10.1 Å². The molecule has 6 nitrogen and oxygen atoms in total. The highest BCUT2D eigenvalue weighted by atomic mass is 16.5. The number of aryl methyl sites for hydroxylation is 1. The van der Waals surface area contributed by atoms with Crippen molar-refractivity contribution in [3.05, 3.63) is 60.0 Å². The summed E-state index contributed by atoms with van der Waals surface area (Å²) in [5.74, 6) is 1.43. The lowest BCUT2D eigenvalue weighted by atomic mass is 9.86. The van der Waals surface area contributed by atoms with Crippen LogP contribution in [0, 0.1) is 6.92 Å². The standard InChI is InChI=1S/C21H23N3O3/c1-14-22-20(24-27-14)15-9-11-16(12-10-15)26-13-19(25)23-18-8-6-5-7-17(18)21(2,3)4/h5-12H,13H2,1-4H3,(H,23,25). The van der Waals surface area contributed by atoms with E-state index >= 15 is 0 Å². The molecule has 0 unspecified atom stereocenters. The van der Waals surface area contributed by atoms with Crippen LogP contribution in [-0.2, 0) is 10.2 Å². The summed E-state index contributed by atoms with van der Waals surface area (Å²) >= 11 is 0. The molecular weight excluding hydrogens is 342 g/mol. The van der Waals surface area contributed by atoms with Crippen LogP contribution in [-0.4, -0.2) is 22.7 Å². The van der Waals surface area contributed by atoms with Gasteiger partial charge in [-0.1, -0.05) is 44.1 Å². The molecule has 2 aromatic carbocycles. The second-order valence-corrected chi connectivity index (χ2v) is 7.29. The van der Waals surface area contributed by atoms with Gasteiger partial charge in [0.2, 0.25) is 11.7 Å². The van der Waals surface area contributed by atoms with Crippen molar-refractivity contribution in [1.29, 1.82) is 0 Å². The number of nitrogens with zero attached hydrogens (tertiary/aromatic N) is 2. The van der Waals surface area contributed by atoms with Crippen molar-refractivity contribution < 1.29 is 14.1 Å². The van der Waals surface area contributed by atoms with E-state index in [1.54, 1.807) is 19.1 Å². The van der Waals surface area contributed by atoms with Crippen LogP contribution < -0.4 is 10.1 Å². The third kappa shape index (κ3) is 4.73. The van der Waals surface area contributed by atoms with Gasteiger partial charge in [-0.3, -0.25) is 4.79 Å². The van der Waals surface area contributed by atoms with Crippen LogP contribution in [0.4, 0.5) is 5.69 Å². The lowest BCUT2D eigenvalue weighted by molar-refractivity contribution is -0.118. The molecule has 0 fully saturated rings. The zero-order valence-electron chi connectivity index (χ0n) is 15.9. The molecule has 1 heterocycles. The maximum Gasteiger partial charge on any atom is 0.262 e. The Labute approximate surface area is 158 Å². The Balaban J connectivity index is 1.60. The van der Waals surface area contributed by atoms with Crippen LogP contribution in [0.25, 0.3) is 11.4 Å². The summed E-state index contributed by atoms with van der Waals surface area (Å²) in [6.07, 6.45) is 0. The Kier molecular flexibility index (Phi) is 5.26. The minimum absolute atomic E-state index is 0.0614. The van der Waals surface area contributed by atoms with Gasteiger partial charge in [-0.25, -0.2) is 0 Å².